The van der Waals surface area contributed by atoms with Crippen molar-refractivity contribution < 1.29 is 4.79 Å². The van der Waals surface area contributed by atoms with Crippen LogP contribution in [0.3, 0.4) is 0 Å². The van der Waals surface area contributed by atoms with Gasteiger partial charge in [0.05, 0.1) is 0 Å². The van der Waals surface area contributed by atoms with Gasteiger partial charge in [-0.15, -0.1) is 0 Å². The number of nitrogens with one attached hydrogen (secondary N) is 1. The first kappa shape index (κ1) is 5.95. The van der Waals surface area contributed by atoms with Crippen LogP contribution in [0.4, 0.5) is 0 Å². The zero-order valence-corrected chi connectivity index (χ0v) is 4.95. The third-order valence-corrected chi connectivity index (χ3v) is 0.487. The average molecular weight is 151 g/mol. The summed E-state index contributed by atoms with van der Waals surface area (Å²) < 4.78 is 0. The summed E-state index contributed by atoms with van der Waals surface area (Å²) >= 11 is 2.89. The first-order valence-electron chi connectivity index (χ1n) is 1.46. The van der Waals surface area contributed by atoms with Crippen molar-refractivity contribution in [1.29, 1.82) is 0 Å². The maximum Gasteiger partial charge on any atom is 0.217 e. The Labute approximate surface area is 45.0 Å². The smallest absolute Gasteiger partial charge is 0.217 e. The fourth-order valence-corrected chi connectivity index (χ4v) is 0.399. The molecule has 0 saturated heterocycles. The van der Waals surface area contributed by atoms with Crippen molar-refractivity contribution in [2.45, 2.75) is 6.92 Å². The largest absolute Gasteiger partial charge is 0.341 e. The molecule has 0 bridgehead atoms. The Morgan fingerprint density at radius 2 is 2.50 bits per heavy atom. The monoisotopic (exact) mass is 150 g/mol. The number of rotatable bonds is 1. The van der Waals surface area contributed by atoms with Crippen molar-refractivity contribution >= 4 is 21.8 Å². The minimum absolute atomic E-state index is 0.0631. The maximum atomic E-state index is 9.87. The lowest BCUT2D eigenvalue weighted by Crippen LogP contribution is -2.12. The Bertz CT molecular complexity index is 54.8. The van der Waals surface area contributed by atoms with Crippen molar-refractivity contribution in [2.24, 2.45) is 0 Å². The summed E-state index contributed by atoms with van der Waals surface area (Å²) in [7, 11) is 0. The summed E-state index contributed by atoms with van der Waals surface area (Å²) in [5.74, 6) is -0.0631. The lowest BCUT2D eigenvalue weighted by Gasteiger charge is -1.86. The van der Waals surface area contributed by atoms with Gasteiger partial charge >= 0.3 is 0 Å². The molecule has 0 unspecified atom stereocenters. The maximum absolute atomic E-state index is 9.87. The number of carbonyl (C=O) groups is 1. The standard InChI is InChI=1S/C3H5BrNO/c1-3(6)5-2-4/h2H,1H3,(H,5,6). The van der Waals surface area contributed by atoms with E-state index in [1.165, 1.54) is 12.4 Å². The molecule has 0 aromatic heterocycles. The lowest BCUT2D eigenvalue weighted by molar-refractivity contribution is -0.118. The second kappa shape index (κ2) is 3.15. The summed E-state index contributed by atoms with van der Waals surface area (Å²) in [5.41, 5.74) is 1.41. The van der Waals surface area contributed by atoms with E-state index >= 15 is 0 Å². The minimum Gasteiger partial charge on any atom is -0.341 e. The molecule has 1 radical (unpaired) electrons. The van der Waals surface area contributed by atoms with Crippen LogP contribution in [-0.2, 0) is 4.79 Å². The van der Waals surface area contributed by atoms with Crippen LogP contribution in [0.15, 0.2) is 0 Å². The Balaban J connectivity index is 2.83. The topological polar surface area (TPSA) is 29.1 Å². The number of amides is 1. The Morgan fingerprint density at radius 1 is 2.00 bits per heavy atom. The van der Waals surface area contributed by atoms with E-state index in [9.17, 15) is 4.79 Å². The molecule has 6 heavy (non-hydrogen) atoms. The molecular formula is C3H5BrNO. The van der Waals surface area contributed by atoms with E-state index in [0.717, 1.165) is 0 Å². The Hall–Kier alpha value is -0.0500. The molecule has 0 aliphatic heterocycles. The molecule has 0 aliphatic rings. The summed E-state index contributed by atoms with van der Waals surface area (Å²) in [4.78, 5) is 9.87. The molecular weight excluding hydrogens is 146 g/mol. The second-order valence-corrected chi connectivity index (χ2v) is 1.27. The van der Waals surface area contributed by atoms with E-state index in [2.05, 4.69) is 21.2 Å². The van der Waals surface area contributed by atoms with Crippen LogP contribution in [-0.4, -0.2) is 5.91 Å². The van der Waals surface area contributed by atoms with Crippen LogP contribution in [0.5, 0.6) is 0 Å². The highest BCUT2D eigenvalue weighted by molar-refractivity contribution is 9.10. The SMILES string of the molecule is CC(=O)N[CH]Br. The normalized spacial score (nSPS) is 7.67. The van der Waals surface area contributed by atoms with Gasteiger partial charge in [-0.05, 0) is 0 Å². The molecule has 0 fully saturated rings. The highest BCUT2D eigenvalue weighted by Crippen LogP contribution is 1.77. The van der Waals surface area contributed by atoms with Crippen molar-refractivity contribution in [3.8, 4) is 0 Å². The Morgan fingerprint density at radius 3 is 2.50 bits per heavy atom. The minimum atomic E-state index is -0.0631. The van der Waals surface area contributed by atoms with E-state index in [4.69, 9.17) is 0 Å². The zero-order valence-electron chi connectivity index (χ0n) is 3.36. The van der Waals surface area contributed by atoms with Gasteiger partial charge in [-0.25, -0.2) is 0 Å². The van der Waals surface area contributed by atoms with Gasteiger partial charge in [0.25, 0.3) is 0 Å². The molecule has 0 rings (SSSR count). The third-order valence-electron chi connectivity index (χ3n) is 0.258. The molecule has 1 amide bonds. The van der Waals surface area contributed by atoms with E-state index in [0.29, 0.717) is 0 Å². The number of hydrogen-bond acceptors (Lipinski definition) is 1. The van der Waals surface area contributed by atoms with E-state index in [1.54, 1.807) is 0 Å². The van der Waals surface area contributed by atoms with Crippen molar-refractivity contribution in [3.63, 3.8) is 0 Å². The lowest BCUT2D eigenvalue weighted by atomic mass is 10.7. The van der Waals surface area contributed by atoms with Crippen LogP contribution in [0.2, 0.25) is 0 Å². The fraction of sp³-hybridized carbons (Fsp3) is 0.333. The molecule has 0 aromatic rings. The highest BCUT2D eigenvalue weighted by Gasteiger charge is 1.80. The molecule has 0 saturated carbocycles. The fourth-order valence-electron chi connectivity index (χ4n) is 0.0768. The van der Waals surface area contributed by atoms with Crippen LogP contribution in [0.25, 0.3) is 0 Å². The van der Waals surface area contributed by atoms with Crippen LogP contribution < -0.4 is 5.32 Å². The summed E-state index contributed by atoms with van der Waals surface area (Å²) in [6.45, 7) is 1.44. The second-order valence-electron chi connectivity index (χ2n) is 0.810. The van der Waals surface area contributed by atoms with Crippen LogP contribution in [0, 0.1) is 5.45 Å². The van der Waals surface area contributed by atoms with E-state index in [-0.39, 0.29) is 5.91 Å². The van der Waals surface area contributed by atoms with Gasteiger partial charge in [0.15, 0.2) is 0 Å². The number of carbonyl (C=O) groups excluding carboxylic acids is 1. The summed E-state index contributed by atoms with van der Waals surface area (Å²) in [6.07, 6.45) is 0. The first-order chi connectivity index (χ1) is 2.77. The first-order valence-corrected chi connectivity index (χ1v) is 2.38. The average Bonchev–Trinajstić information content (AvgIpc) is 1.35. The van der Waals surface area contributed by atoms with Gasteiger partial charge in [0.1, 0.15) is 5.45 Å². The molecule has 0 heterocycles. The molecule has 35 valence electrons. The molecule has 0 aromatic carbocycles. The molecule has 2 nitrogen and oxygen atoms in total. The molecule has 3 heteroatoms. The van der Waals surface area contributed by atoms with Gasteiger partial charge in [0.2, 0.25) is 5.91 Å². The number of hydrogen-bond donors (Lipinski definition) is 1. The Kier molecular flexibility index (Phi) is 3.13. The van der Waals surface area contributed by atoms with Crippen molar-refractivity contribution in [1.82, 2.24) is 5.32 Å². The van der Waals surface area contributed by atoms with Crippen molar-refractivity contribution in [2.75, 3.05) is 0 Å². The third kappa shape index (κ3) is 3.95. The number of halogens is 1. The predicted octanol–water partition coefficient (Wildman–Crippen LogP) is 0.637. The molecule has 0 spiro atoms. The molecule has 0 atom stereocenters. The van der Waals surface area contributed by atoms with Gasteiger partial charge < -0.3 is 5.32 Å². The van der Waals surface area contributed by atoms with Gasteiger partial charge in [-0.2, -0.15) is 0 Å². The predicted molar refractivity (Wildman–Crippen MR) is 27.0 cm³/mol. The van der Waals surface area contributed by atoms with Gasteiger partial charge in [-0.1, -0.05) is 15.9 Å². The van der Waals surface area contributed by atoms with E-state index < -0.39 is 0 Å². The summed E-state index contributed by atoms with van der Waals surface area (Å²) in [6, 6.07) is 0. The highest BCUT2D eigenvalue weighted by atomic mass is 79.9. The quantitative estimate of drug-likeness (QED) is 0.547. The summed E-state index contributed by atoms with van der Waals surface area (Å²) in [5, 5.41) is 2.36. The van der Waals surface area contributed by atoms with Crippen LogP contribution >= 0.6 is 15.9 Å². The van der Waals surface area contributed by atoms with Crippen LogP contribution in [0.1, 0.15) is 6.92 Å². The molecule has 1 N–H and O–H groups in total. The zero-order chi connectivity index (χ0) is 4.99. The van der Waals surface area contributed by atoms with Crippen molar-refractivity contribution in [3.05, 3.63) is 5.45 Å². The van der Waals surface area contributed by atoms with Gasteiger partial charge in [0, 0.05) is 6.92 Å². The van der Waals surface area contributed by atoms with E-state index in [1.807, 2.05) is 0 Å². The van der Waals surface area contributed by atoms with Gasteiger partial charge in [-0.3, -0.25) is 4.79 Å². The molecule has 0 aliphatic carbocycles.